The number of rotatable bonds is 5. The molecule has 0 fully saturated rings. The summed E-state index contributed by atoms with van der Waals surface area (Å²) < 4.78 is 13.1. The first kappa shape index (κ1) is 17.5. The van der Waals surface area contributed by atoms with Gasteiger partial charge in [0.2, 0.25) is 0 Å². The van der Waals surface area contributed by atoms with Crippen LogP contribution in [0.15, 0.2) is 42.5 Å². The Morgan fingerprint density at radius 1 is 1.12 bits per heavy atom. The van der Waals surface area contributed by atoms with Crippen molar-refractivity contribution < 1.29 is 14.0 Å². The summed E-state index contributed by atoms with van der Waals surface area (Å²) in [5.41, 5.74) is 2.58. The van der Waals surface area contributed by atoms with Crippen molar-refractivity contribution in [3.05, 3.63) is 65.0 Å². The Hall–Kier alpha value is -2.89. The zero-order chi connectivity index (χ0) is 17.5. The van der Waals surface area contributed by atoms with Gasteiger partial charge < -0.3 is 16.0 Å². The lowest BCUT2D eigenvalue weighted by Crippen LogP contribution is -2.31. The number of carbonyl (C=O) groups excluding carboxylic acids is 2. The molecule has 0 saturated heterocycles. The van der Waals surface area contributed by atoms with Crippen molar-refractivity contribution in [3.8, 4) is 0 Å². The highest BCUT2D eigenvalue weighted by Gasteiger charge is 2.11. The third kappa shape index (κ3) is 4.55. The number of carbonyl (C=O) groups is 2. The SMILES string of the molecule is CNC(=O)c1cccc(NC(=O)NCCc2cccc(F)c2)c1C. The van der Waals surface area contributed by atoms with Crippen molar-refractivity contribution in [1.29, 1.82) is 0 Å². The molecule has 0 atom stereocenters. The van der Waals surface area contributed by atoms with Crippen molar-refractivity contribution in [2.75, 3.05) is 18.9 Å². The average Bonchev–Trinajstić information content (AvgIpc) is 2.56. The zero-order valence-corrected chi connectivity index (χ0v) is 13.7. The minimum absolute atomic E-state index is 0.206. The van der Waals surface area contributed by atoms with Crippen molar-refractivity contribution in [1.82, 2.24) is 10.6 Å². The summed E-state index contributed by atoms with van der Waals surface area (Å²) in [7, 11) is 1.56. The Labute approximate surface area is 140 Å². The van der Waals surface area contributed by atoms with Gasteiger partial charge in [0, 0.05) is 24.8 Å². The first-order valence-corrected chi connectivity index (χ1v) is 7.62. The third-order valence-electron chi connectivity index (χ3n) is 3.64. The quantitative estimate of drug-likeness (QED) is 0.789. The highest BCUT2D eigenvalue weighted by Crippen LogP contribution is 2.18. The van der Waals surface area contributed by atoms with E-state index in [1.807, 2.05) is 0 Å². The minimum atomic E-state index is -0.372. The number of nitrogens with one attached hydrogen (secondary N) is 3. The van der Waals surface area contributed by atoms with Crippen LogP contribution >= 0.6 is 0 Å². The van der Waals surface area contributed by atoms with E-state index in [1.54, 1.807) is 44.3 Å². The summed E-state index contributed by atoms with van der Waals surface area (Å²) in [5, 5.41) is 8.00. The van der Waals surface area contributed by atoms with Crippen molar-refractivity contribution in [2.45, 2.75) is 13.3 Å². The average molecular weight is 329 g/mol. The van der Waals surface area contributed by atoms with Gasteiger partial charge in [-0.05, 0) is 48.7 Å². The second-order valence-electron chi connectivity index (χ2n) is 5.32. The Morgan fingerprint density at radius 3 is 2.58 bits per heavy atom. The second-order valence-corrected chi connectivity index (χ2v) is 5.32. The molecule has 0 aliphatic heterocycles. The first-order valence-electron chi connectivity index (χ1n) is 7.62. The van der Waals surface area contributed by atoms with Gasteiger partial charge in [-0.2, -0.15) is 0 Å². The van der Waals surface area contributed by atoms with Crippen LogP contribution in [-0.2, 0) is 6.42 Å². The van der Waals surface area contributed by atoms with E-state index in [0.717, 1.165) is 5.56 Å². The molecule has 0 aliphatic rings. The highest BCUT2D eigenvalue weighted by molar-refractivity contribution is 5.98. The maximum Gasteiger partial charge on any atom is 0.319 e. The van der Waals surface area contributed by atoms with Crippen molar-refractivity contribution in [2.24, 2.45) is 0 Å². The zero-order valence-electron chi connectivity index (χ0n) is 13.7. The smallest absolute Gasteiger partial charge is 0.319 e. The molecule has 5 nitrogen and oxygen atoms in total. The molecule has 126 valence electrons. The molecule has 0 radical (unpaired) electrons. The van der Waals surface area contributed by atoms with Gasteiger partial charge in [0.15, 0.2) is 0 Å². The third-order valence-corrected chi connectivity index (χ3v) is 3.64. The van der Waals surface area contributed by atoms with Gasteiger partial charge in [0.05, 0.1) is 0 Å². The minimum Gasteiger partial charge on any atom is -0.355 e. The van der Waals surface area contributed by atoms with Gasteiger partial charge >= 0.3 is 6.03 Å². The van der Waals surface area contributed by atoms with Crippen LogP contribution in [-0.4, -0.2) is 25.5 Å². The molecule has 0 bridgehead atoms. The van der Waals surface area contributed by atoms with Crippen LogP contribution in [0.5, 0.6) is 0 Å². The maximum absolute atomic E-state index is 13.1. The Kier molecular flexibility index (Phi) is 5.89. The van der Waals surface area contributed by atoms with E-state index >= 15 is 0 Å². The van der Waals surface area contributed by atoms with E-state index in [-0.39, 0.29) is 17.8 Å². The monoisotopic (exact) mass is 329 g/mol. The lowest BCUT2D eigenvalue weighted by Gasteiger charge is -2.12. The molecule has 2 rings (SSSR count). The highest BCUT2D eigenvalue weighted by atomic mass is 19.1. The van der Waals surface area contributed by atoms with E-state index in [1.165, 1.54) is 12.1 Å². The summed E-state index contributed by atoms with van der Waals surface area (Å²) in [6.07, 6.45) is 0.530. The molecule has 2 aromatic carbocycles. The van der Waals surface area contributed by atoms with E-state index < -0.39 is 0 Å². The number of hydrogen-bond acceptors (Lipinski definition) is 2. The Bertz CT molecular complexity index is 747. The fourth-order valence-electron chi connectivity index (χ4n) is 2.33. The molecule has 0 heterocycles. The number of urea groups is 1. The van der Waals surface area contributed by atoms with Gasteiger partial charge in [0.25, 0.3) is 5.91 Å². The van der Waals surface area contributed by atoms with Crippen LogP contribution in [0.25, 0.3) is 0 Å². The number of amides is 3. The predicted octanol–water partition coefficient (Wildman–Crippen LogP) is 2.86. The number of benzene rings is 2. The van der Waals surface area contributed by atoms with Gasteiger partial charge in [0.1, 0.15) is 5.82 Å². The van der Waals surface area contributed by atoms with E-state index in [2.05, 4.69) is 16.0 Å². The molecule has 0 aliphatic carbocycles. The number of anilines is 1. The summed E-state index contributed by atoms with van der Waals surface area (Å²) in [6, 6.07) is 11.0. The molecule has 3 amide bonds. The molecule has 0 spiro atoms. The molecule has 24 heavy (non-hydrogen) atoms. The number of hydrogen-bond donors (Lipinski definition) is 3. The van der Waals surface area contributed by atoms with E-state index in [0.29, 0.717) is 29.8 Å². The summed E-state index contributed by atoms with van der Waals surface area (Å²) in [6.45, 7) is 2.15. The topological polar surface area (TPSA) is 70.2 Å². The molecule has 6 heteroatoms. The van der Waals surface area contributed by atoms with Crippen LogP contribution in [0, 0.1) is 12.7 Å². The fourth-order valence-corrected chi connectivity index (χ4v) is 2.33. The van der Waals surface area contributed by atoms with Crippen LogP contribution in [0.3, 0.4) is 0 Å². The van der Waals surface area contributed by atoms with Gasteiger partial charge in [-0.25, -0.2) is 9.18 Å². The van der Waals surface area contributed by atoms with Crippen molar-refractivity contribution >= 4 is 17.6 Å². The second kappa shape index (κ2) is 8.10. The van der Waals surface area contributed by atoms with Crippen LogP contribution < -0.4 is 16.0 Å². The summed E-state index contributed by atoms with van der Waals surface area (Å²) >= 11 is 0. The van der Waals surface area contributed by atoms with Crippen LogP contribution in [0.1, 0.15) is 21.5 Å². The maximum atomic E-state index is 13.1. The van der Waals surface area contributed by atoms with Crippen LogP contribution in [0.2, 0.25) is 0 Å². The molecule has 2 aromatic rings. The molecule has 3 N–H and O–H groups in total. The molecular formula is C18H20FN3O2. The van der Waals surface area contributed by atoms with Gasteiger partial charge in [-0.1, -0.05) is 18.2 Å². The lowest BCUT2D eigenvalue weighted by atomic mass is 10.1. The molecule has 0 aromatic heterocycles. The normalized spacial score (nSPS) is 10.1. The summed E-state index contributed by atoms with van der Waals surface area (Å²) in [4.78, 5) is 23.7. The standard InChI is InChI=1S/C18H20FN3O2/c1-12-15(17(23)20-2)7-4-8-16(12)22-18(24)21-10-9-13-5-3-6-14(19)11-13/h3-8,11H,9-10H2,1-2H3,(H,20,23)(H2,21,22,24). The molecular weight excluding hydrogens is 309 g/mol. The van der Waals surface area contributed by atoms with E-state index in [9.17, 15) is 14.0 Å². The lowest BCUT2D eigenvalue weighted by molar-refractivity contribution is 0.0962. The number of halogens is 1. The predicted molar refractivity (Wildman–Crippen MR) is 91.7 cm³/mol. The Morgan fingerprint density at radius 2 is 1.88 bits per heavy atom. The van der Waals surface area contributed by atoms with Crippen molar-refractivity contribution in [3.63, 3.8) is 0 Å². The Balaban J connectivity index is 1.92. The van der Waals surface area contributed by atoms with E-state index in [4.69, 9.17) is 0 Å². The summed E-state index contributed by atoms with van der Waals surface area (Å²) in [5.74, 6) is -0.499. The van der Waals surface area contributed by atoms with Crippen LogP contribution in [0.4, 0.5) is 14.9 Å². The molecule has 0 saturated carbocycles. The largest absolute Gasteiger partial charge is 0.355 e. The van der Waals surface area contributed by atoms with Gasteiger partial charge in [-0.15, -0.1) is 0 Å². The first-order chi connectivity index (χ1) is 11.5. The molecule has 0 unspecified atom stereocenters. The fraction of sp³-hybridized carbons (Fsp3) is 0.222. The van der Waals surface area contributed by atoms with Gasteiger partial charge in [-0.3, -0.25) is 4.79 Å².